The van der Waals surface area contributed by atoms with Gasteiger partial charge in [-0.15, -0.1) is 0 Å². The molecule has 0 heterocycles. The molecule has 0 bridgehead atoms. The topological polar surface area (TPSA) is 183 Å². The van der Waals surface area contributed by atoms with E-state index in [1.807, 2.05) is 6.92 Å². The van der Waals surface area contributed by atoms with Gasteiger partial charge in [0.25, 0.3) is 5.91 Å². The quantitative estimate of drug-likeness (QED) is 0.0657. The molecular formula is C29H52F2N4O9S. The number of nitrogens with two attached hydrogens (primary N) is 2. The average molecular weight is 671 g/mol. The molecule has 2 unspecified atom stereocenters. The molecule has 2 saturated carbocycles. The second-order valence-corrected chi connectivity index (χ2v) is 13.1. The number of guanidine groups is 1. The van der Waals surface area contributed by atoms with E-state index in [1.54, 1.807) is 0 Å². The van der Waals surface area contributed by atoms with Gasteiger partial charge in [0.1, 0.15) is 18.4 Å². The fraction of sp³-hybridized carbons (Fsp3) is 0.862. The minimum absolute atomic E-state index is 0.000296. The van der Waals surface area contributed by atoms with Gasteiger partial charge in [0.2, 0.25) is 10.0 Å². The van der Waals surface area contributed by atoms with E-state index >= 15 is 0 Å². The van der Waals surface area contributed by atoms with Gasteiger partial charge in [-0.3, -0.25) is 4.79 Å². The lowest BCUT2D eigenvalue weighted by Crippen LogP contribution is -2.45. The summed E-state index contributed by atoms with van der Waals surface area (Å²) in [5.41, 5.74) is 10.6. The summed E-state index contributed by atoms with van der Waals surface area (Å²) in [5.74, 6) is -1.53. The largest absolute Gasteiger partial charge is 0.379 e. The van der Waals surface area contributed by atoms with Crippen LogP contribution in [-0.2, 0) is 43.2 Å². The zero-order valence-corrected chi connectivity index (χ0v) is 27.3. The van der Waals surface area contributed by atoms with Crippen LogP contribution in [0.3, 0.4) is 0 Å². The van der Waals surface area contributed by atoms with Crippen LogP contribution in [0.25, 0.3) is 0 Å². The molecule has 2 rings (SSSR count). The predicted molar refractivity (Wildman–Crippen MR) is 165 cm³/mol. The molecule has 0 aliphatic heterocycles. The third-order valence-electron chi connectivity index (χ3n) is 7.47. The lowest BCUT2D eigenvalue weighted by atomic mass is 9.83. The Hall–Kier alpha value is -1.79. The summed E-state index contributed by atoms with van der Waals surface area (Å²) < 4.78 is 90.5. The number of halogens is 2. The van der Waals surface area contributed by atoms with Crippen LogP contribution in [-0.4, -0.2) is 123 Å². The van der Waals surface area contributed by atoms with Gasteiger partial charge in [-0.05, 0) is 58.3 Å². The third-order valence-corrected chi connectivity index (χ3v) is 9.43. The minimum atomic E-state index is -3.57. The number of hydrogen-bond acceptors (Lipinski definition) is 9. The number of sulfonamides is 1. The summed E-state index contributed by atoms with van der Waals surface area (Å²) in [6.45, 7) is 8.05. The maximum atomic E-state index is 14.9. The number of allylic oxidation sites excluding steroid dienone is 1. The molecule has 1 amide bonds. The Morgan fingerprint density at radius 2 is 1.33 bits per heavy atom. The molecule has 0 radical (unpaired) electrons. The first-order valence-corrected chi connectivity index (χ1v) is 17.2. The Morgan fingerprint density at radius 1 is 0.844 bits per heavy atom. The first-order chi connectivity index (χ1) is 21.5. The monoisotopic (exact) mass is 670 g/mol. The van der Waals surface area contributed by atoms with E-state index in [-0.39, 0.29) is 37.5 Å². The molecule has 0 aromatic heterocycles. The van der Waals surface area contributed by atoms with Crippen molar-refractivity contribution in [2.45, 2.75) is 82.2 Å². The van der Waals surface area contributed by atoms with Gasteiger partial charge >= 0.3 is 0 Å². The number of nitrogens with zero attached hydrogens (tertiary/aromatic N) is 1. The van der Waals surface area contributed by atoms with Crippen LogP contribution in [0.15, 0.2) is 16.6 Å². The molecule has 45 heavy (non-hydrogen) atoms. The van der Waals surface area contributed by atoms with E-state index in [9.17, 15) is 22.0 Å². The lowest BCUT2D eigenvalue weighted by Gasteiger charge is -2.37. The fourth-order valence-electron chi connectivity index (χ4n) is 5.21. The normalized spacial score (nSPS) is 26.1. The molecule has 2 aliphatic rings. The van der Waals surface area contributed by atoms with Crippen molar-refractivity contribution in [3.63, 3.8) is 0 Å². The maximum absolute atomic E-state index is 14.9. The van der Waals surface area contributed by atoms with Crippen molar-refractivity contribution in [2.24, 2.45) is 22.4 Å². The Bertz CT molecular complexity index is 998. The van der Waals surface area contributed by atoms with E-state index in [2.05, 4.69) is 9.71 Å². The zero-order valence-electron chi connectivity index (χ0n) is 26.5. The van der Waals surface area contributed by atoms with E-state index < -0.39 is 51.6 Å². The Labute approximate surface area is 265 Å². The smallest absolute Gasteiger partial charge is 0.275 e. The third kappa shape index (κ3) is 16.0. The maximum Gasteiger partial charge on any atom is 0.275 e. The van der Waals surface area contributed by atoms with Gasteiger partial charge in [-0.1, -0.05) is 6.08 Å². The number of aliphatic imine (C=N–C) groups is 1. The highest BCUT2D eigenvalue weighted by atomic mass is 32.2. The van der Waals surface area contributed by atoms with E-state index in [0.29, 0.717) is 85.1 Å². The molecule has 0 aromatic carbocycles. The van der Waals surface area contributed by atoms with Crippen LogP contribution in [0.5, 0.6) is 0 Å². The molecule has 0 aromatic rings. The van der Waals surface area contributed by atoms with E-state index in [1.165, 1.54) is 13.0 Å². The number of carbonyl (C=O) groups is 1. The predicted octanol–water partition coefficient (Wildman–Crippen LogP) is 1.54. The fourth-order valence-corrected chi connectivity index (χ4v) is 6.70. The SMILES string of the molecule is CCOCCOCCOCCOCCOCCNS(=O)(=O)C1CCC(OC2C(F)CC(/C=C(\C)C(=O)N=C(N)N)CC2F)CC1. The summed E-state index contributed by atoms with van der Waals surface area (Å²) in [7, 11) is -3.57. The Kier molecular flexibility index (Phi) is 19.2. The van der Waals surface area contributed by atoms with E-state index in [0.717, 1.165) is 0 Å². The van der Waals surface area contributed by atoms with Gasteiger partial charge < -0.3 is 39.9 Å². The number of nitrogens with one attached hydrogen (secondary N) is 1. The van der Waals surface area contributed by atoms with Gasteiger partial charge in [0, 0.05) is 18.7 Å². The van der Waals surface area contributed by atoms with Crippen LogP contribution in [0.1, 0.15) is 52.4 Å². The number of rotatable bonds is 22. The van der Waals surface area contributed by atoms with Crippen LogP contribution in [0.2, 0.25) is 0 Å². The summed E-state index contributed by atoms with van der Waals surface area (Å²) in [5, 5.41) is -0.607. The second kappa shape index (κ2) is 21.9. The molecule has 262 valence electrons. The number of amides is 1. The van der Waals surface area contributed by atoms with Crippen LogP contribution < -0.4 is 16.2 Å². The Morgan fingerprint density at radius 3 is 1.82 bits per heavy atom. The number of alkyl halides is 2. The van der Waals surface area contributed by atoms with Crippen molar-refractivity contribution in [1.82, 2.24) is 4.72 Å². The highest BCUT2D eigenvalue weighted by molar-refractivity contribution is 7.90. The molecule has 2 atom stereocenters. The van der Waals surface area contributed by atoms with Crippen molar-refractivity contribution in [1.29, 1.82) is 0 Å². The molecular weight excluding hydrogens is 618 g/mol. The van der Waals surface area contributed by atoms with Crippen LogP contribution >= 0.6 is 0 Å². The van der Waals surface area contributed by atoms with Gasteiger partial charge in [-0.25, -0.2) is 21.9 Å². The first-order valence-electron chi connectivity index (χ1n) is 15.7. The number of ether oxygens (including phenoxy) is 6. The molecule has 13 nitrogen and oxygen atoms in total. The average Bonchev–Trinajstić information content (AvgIpc) is 2.98. The molecule has 16 heteroatoms. The minimum Gasteiger partial charge on any atom is -0.379 e. The van der Waals surface area contributed by atoms with Crippen molar-refractivity contribution >= 4 is 21.9 Å². The van der Waals surface area contributed by atoms with Crippen LogP contribution in [0.4, 0.5) is 8.78 Å². The number of hydrogen-bond donors (Lipinski definition) is 3. The highest BCUT2D eigenvalue weighted by Gasteiger charge is 2.41. The van der Waals surface area contributed by atoms with Gasteiger partial charge in [0.05, 0.1) is 70.8 Å². The standard InChI is InChI=1S/C29H52F2N4O9S/c1-3-39-10-11-41-14-15-43-17-16-42-13-12-40-9-8-34-45(37,38)24-6-4-23(5-7-24)44-27-25(30)19-22(20-26(27)31)18-21(2)28(36)35-29(32)33/h18,22-27,34H,3-17,19-20H2,1-2H3,(H4,32,33,35,36)/b21-18+. The summed E-state index contributed by atoms with van der Waals surface area (Å²) in [4.78, 5) is 15.3. The van der Waals surface area contributed by atoms with Crippen molar-refractivity contribution < 1.29 is 50.4 Å². The van der Waals surface area contributed by atoms with Crippen molar-refractivity contribution in [2.75, 3.05) is 72.6 Å². The molecule has 0 saturated heterocycles. The van der Waals surface area contributed by atoms with Crippen LogP contribution in [0, 0.1) is 5.92 Å². The molecule has 5 N–H and O–H groups in total. The lowest BCUT2D eigenvalue weighted by molar-refractivity contribution is -0.118. The van der Waals surface area contributed by atoms with Crippen molar-refractivity contribution in [3.8, 4) is 0 Å². The van der Waals surface area contributed by atoms with Gasteiger partial charge in [-0.2, -0.15) is 4.99 Å². The summed E-state index contributed by atoms with van der Waals surface area (Å²) in [6.07, 6.45) is -1.87. The Balaban J connectivity index is 1.55. The molecule has 2 aliphatic carbocycles. The van der Waals surface area contributed by atoms with Crippen molar-refractivity contribution in [3.05, 3.63) is 11.6 Å². The van der Waals surface area contributed by atoms with Gasteiger partial charge in [0.15, 0.2) is 5.96 Å². The summed E-state index contributed by atoms with van der Waals surface area (Å²) >= 11 is 0. The highest BCUT2D eigenvalue weighted by Crippen LogP contribution is 2.35. The molecule has 2 fully saturated rings. The second-order valence-electron chi connectivity index (χ2n) is 11.0. The molecule has 0 spiro atoms. The first kappa shape index (κ1) is 39.4. The zero-order chi connectivity index (χ0) is 33.1. The van der Waals surface area contributed by atoms with E-state index in [4.69, 9.17) is 39.9 Å². The number of carbonyl (C=O) groups excluding carboxylic acids is 1. The summed E-state index contributed by atoms with van der Waals surface area (Å²) in [6, 6.07) is 0.